The molecule has 0 aromatic heterocycles. The molecule has 0 radical (unpaired) electrons. The van der Waals surface area contributed by atoms with E-state index < -0.39 is 5.54 Å². The standard InChI is InChI=1S/C21H30BrN3O3/c1-3-25(4-2)20(28)21(13-6-5-7-14-21)24-18(26)12-15-23-19(27)16-8-10-17(22)11-9-16/h8-11H,3-7,12-15H2,1-2H3,(H,23,27)(H,24,26). The smallest absolute Gasteiger partial charge is 0.251 e. The lowest BCUT2D eigenvalue weighted by molar-refractivity contribution is -0.143. The van der Waals surface area contributed by atoms with Gasteiger partial charge in [0.15, 0.2) is 0 Å². The molecule has 1 fully saturated rings. The summed E-state index contributed by atoms with van der Waals surface area (Å²) in [6, 6.07) is 7.04. The fourth-order valence-corrected chi connectivity index (χ4v) is 3.95. The van der Waals surface area contributed by atoms with Gasteiger partial charge in [-0.1, -0.05) is 35.2 Å². The number of hydrogen-bond donors (Lipinski definition) is 2. The van der Waals surface area contributed by atoms with Crippen LogP contribution in [0.1, 0.15) is 62.7 Å². The van der Waals surface area contributed by atoms with Crippen LogP contribution in [0.3, 0.4) is 0 Å². The highest BCUT2D eigenvalue weighted by Gasteiger charge is 2.42. The molecule has 0 bridgehead atoms. The molecular weight excluding hydrogens is 422 g/mol. The van der Waals surface area contributed by atoms with Crippen LogP contribution in [0.2, 0.25) is 0 Å². The summed E-state index contributed by atoms with van der Waals surface area (Å²) in [5, 5.41) is 5.78. The van der Waals surface area contributed by atoms with Gasteiger partial charge in [-0.15, -0.1) is 0 Å². The number of likely N-dealkylation sites (N-methyl/N-ethyl adjacent to an activating group) is 1. The first kappa shape index (κ1) is 22.4. The first-order valence-corrected chi connectivity index (χ1v) is 10.9. The minimum atomic E-state index is -0.795. The Labute approximate surface area is 175 Å². The van der Waals surface area contributed by atoms with Gasteiger partial charge >= 0.3 is 0 Å². The number of benzene rings is 1. The molecule has 1 saturated carbocycles. The van der Waals surface area contributed by atoms with Crippen LogP contribution in [0, 0.1) is 0 Å². The third kappa shape index (κ3) is 5.80. The van der Waals surface area contributed by atoms with Crippen LogP contribution in [0.15, 0.2) is 28.7 Å². The normalized spacial score (nSPS) is 15.5. The molecule has 0 aliphatic heterocycles. The molecule has 28 heavy (non-hydrogen) atoms. The molecule has 0 unspecified atom stereocenters. The quantitative estimate of drug-likeness (QED) is 0.636. The van der Waals surface area contributed by atoms with E-state index in [0.717, 1.165) is 23.7 Å². The average molecular weight is 452 g/mol. The number of hydrogen-bond acceptors (Lipinski definition) is 3. The average Bonchev–Trinajstić information content (AvgIpc) is 2.70. The molecule has 0 atom stereocenters. The fourth-order valence-electron chi connectivity index (χ4n) is 3.68. The maximum Gasteiger partial charge on any atom is 0.251 e. The molecule has 6 nitrogen and oxygen atoms in total. The van der Waals surface area contributed by atoms with Crippen molar-refractivity contribution in [2.45, 2.75) is 57.9 Å². The molecule has 0 spiro atoms. The number of halogens is 1. The van der Waals surface area contributed by atoms with Gasteiger partial charge in [-0.2, -0.15) is 0 Å². The van der Waals surface area contributed by atoms with Crippen LogP contribution >= 0.6 is 15.9 Å². The summed E-state index contributed by atoms with van der Waals surface area (Å²) in [6.07, 6.45) is 4.47. The summed E-state index contributed by atoms with van der Waals surface area (Å²) in [6.45, 7) is 5.41. The summed E-state index contributed by atoms with van der Waals surface area (Å²) in [7, 11) is 0. The highest BCUT2D eigenvalue weighted by atomic mass is 79.9. The van der Waals surface area contributed by atoms with Gasteiger partial charge in [0.25, 0.3) is 5.91 Å². The zero-order chi connectivity index (χ0) is 20.6. The van der Waals surface area contributed by atoms with Gasteiger partial charge in [-0.3, -0.25) is 14.4 Å². The molecule has 1 aromatic rings. The maximum absolute atomic E-state index is 13.0. The predicted octanol–water partition coefficient (Wildman–Crippen LogP) is 3.26. The van der Waals surface area contributed by atoms with Gasteiger partial charge in [0.1, 0.15) is 5.54 Å². The Bertz CT molecular complexity index is 681. The lowest BCUT2D eigenvalue weighted by Crippen LogP contribution is -2.60. The lowest BCUT2D eigenvalue weighted by Gasteiger charge is -2.40. The predicted molar refractivity (Wildman–Crippen MR) is 113 cm³/mol. The van der Waals surface area contributed by atoms with Crippen LogP contribution in [0.5, 0.6) is 0 Å². The Balaban J connectivity index is 1.91. The molecule has 1 aliphatic rings. The van der Waals surface area contributed by atoms with Crippen molar-refractivity contribution in [3.8, 4) is 0 Å². The summed E-state index contributed by atoms with van der Waals surface area (Å²) in [4.78, 5) is 39.5. The first-order chi connectivity index (χ1) is 13.4. The van der Waals surface area contributed by atoms with Gasteiger partial charge in [0, 0.05) is 36.1 Å². The van der Waals surface area contributed by atoms with E-state index in [2.05, 4.69) is 26.6 Å². The van der Waals surface area contributed by atoms with Crippen LogP contribution in [-0.2, 0) is 9.59 Å². The highest BCUT2D eigenvalue weighted by molar-refractivity contribution is 9.10. The maximum atomic E-state index is 13.0. The summed E-state index contributed by atoms with van der Waals surface area (Å²) >= 11 is 3.33. The third-order valence-corrected chi connectivity index (χ3v) is 5.82. The minimum Gasteiger partial charge on any atom is -0.352 e. The van der Waals surface area contributed by atoms with Crippen molar-refractivity contribution >= 4 is 33.7 Å². The van der Waals surface area contributed by atoms with E-state index in [1.807, 2.05) is 13.8 Å². The van der Waals surface area contributed by atoms with Crippen molar-refractivity contribution < 1.29 is 14.4 Å². The Morgan fingerprint density at radius 3 is 2.21 bits per heavy atom. The molecule has 1 aliphatic carbocycles. The fraction of sp³-hybridized carbons (Fsp3) is 0.571. The number of amides is 3. The second kappa shape index (κ2) is 10.6. The Morgan fingerprint density at radius 2 is 1.64 bits per heavy atom. The highest BCUT2D eigenvalue weighted by Crippen LogP contribution is 2.30. The van der Waals surface area contributed by atoms with Gasteiger partial charge in [-0.25, -0.2) is 0 Å². The van der Waals surface area contributed by atoms with Crippen LogP contribution in [-0.4, -0.2) is 47.8 Å². The van der Waals surface area contributed by atoms with E-state index in [9.17, 15) is 14.4 Å². The lowest BCUT2D eigenvalue weighted by atomic mass is 9.80. The molecule has 1 aromatic carbocycles. The zero-order valence-corrected chi connectivity index (χ0v) is 18.3. The molecule has 3 amide bonds. The van der Waals surface area contributed by atoms with E-state index in [0.29, 0.717) is 31.5 Å². The number of carbonyl (C=O) groups excluding carboxylic acids is 3. The second-order valence-electron chi connectivity index (χ2n) is 7.18. The van der Waals surface area contributed by atoms with E-state index >= 15 is 0 Å². The van der Waals surface area contributed by atoms with Crippen molar-refractivity contribution in [1.29, 1.82) is 0 Å². The van der Waals surface area contributed by atoms with Gasteiger partial charge in [0.05, 0.1) is 0 Å². The molecule has 0 saturated heterocycles. The molecule has 2 N–H and O–H groups in total. The molecule has 0 heterocycles. The zero-order valence-electron chi connectivity index (χ0n) is 16.7. The number of carbonyl (C=O) groups is 3. The molecule has 2 rings (SSSR count). The van der Waals surface area contributed by atoms with Gasteiger partial charge in [-0.05, 0) is 51.0 Å². The third-order valence-electron chi connectivity index (χ3n) is 5.29. The first-order valence-electron chi connectivity index (χ1n) is 10.1. The van der Waals surface area contributed by atoms with E-state index in [1.54, 1.807) is 29.2 Å². The van der Waals surface area contributed by atoms with Crippen LogP contribution < -0.4 is 10.6 Å². The second-order valence-corrected chi connectivity index (χ2v) is 8.10. The van der Waals surface area contributed by atoms with Crippen molar-refractivity contribution in [3.63, 3.8) is 0 Å². The summed E-state index contributed by atoms with van der Waals surface area (Å²) in [5.41, 5.74) is -0.249. The molecular formula is C21H30BrN3O3. The summed E-state index contributed by atoms with van der Waals surface area (Å²) in [5.74, 6) is -0.394. The van der Waals surface area contributed by atoms with Crippen LogP contribution in [0.25, 0.3) is 0 Å². The number of nitrogens with one attached hydrogen (secondary N) is 2. The Hall–Kier alpha value is -1.89. The molecule has 7 heteroatoms. The van der Waals surface area contributed by atoms with Gasteiger partial charge < -0.3 is 15.5 Å². The van der Waals surface area contributed by atoms with Crippen molar-refractivity contribution in [2.75, 3.05) is 19.6 Å². The molecule has 154 valence electrons. The van der Waals surface area contributed by atoms with E-state index in [4.69, 9.17) is 0 Å². The monoisotopic (exact) mass is 451 g/mol. The minimum absolute atomic E-state index is 0.0180. The van der Waals surface area contributed by atoms with Crippen molar-refractivity contribution in [1.82, 2.24) is 15.5 Å². The van der Waals surface area contributed by atoms with Crippen molar-refractivity contribution in [3.05, 3.63) is 34.3 Å². The van der Waals surface area contributed by atoms with Gasteiger partial charge in [0.2, 0.25) is 11.8 Å². The SMILES string of the molecule is CCN(CC)C(=O)C1(NC(=O)CCNC(=O)c2ccc(Br)cc2)CCCCC1. The Kier molecular flexibility index (Phi) is 8.48. The Morgan fingerprint density at radius 1 is 1.04 bits per heavy atom. The summed E-state index contributed by atoms with van der Waals surface area (Å²) < 4.78 is 0.902. The largest absolute Gasteiger partial charge is 0.352 e. The van der Waals surface area contributed by atoms with E-state index in [-0.39, 0.29) is 30.7 Å². The number of nitrogens with zero attached hydrogens (tertiary/aromatic N) is 1. The van der Waals surface area contributed by atoms with E-state index in [1.165, 1.54) is 0 Å². The topological polar surface area (TPSA) is 78.5 Å². The van der Waals surface area contributed by atoms with Crippen molar-refractivity contribution in [2.24, 2.45) is 0 Å². The van der Waals surface area contributed by atoms with Crippen LogP contribution in [0.4, 0.5) is 0 Å². The number of rotatable bonds is 8.